The van der Waals surface area contributed by atoms with Crippen LogP contribution < -0.4 is 10.2 Å². The highest BCUT2D eigenvalue weighted by Gasteiger charge is 2.26. The number of nitriles is 1. The van der Waals surface area contributed by atoms with Crippen molar-refractivity contribution in [3.05, 3.63) is 65.6 Å². The average molecular weight is 544 g/mol. The molecule has 7 nitrogen and oxygen atoms in total. The van der Waals surface area contributed by atoms with Gasteiger partial charge in [-0.05, 0) is 75.2 Å². The third-order valence-electron chi connectivity index (χ3n) is 7.64. The van der Waals surface area contributed by atoms with E-state index in [4.69, 9.17) is 11.6 Å². The number of hydrogen-bond acceptors (Lipinski definition) is 7. The van der Waals surface area contributed by atoms with Crippen LogP contribution in [-0.2, 0) is 7.05 Å². The highest BCUT2D eigenvalue weighted by Crippen LogP contribution is 2.37. The number of rotatable bonds is 6. The molecule has 4 aromatic rings. The Bertz CT molecular complexity index is 1500. The lowest BCUT2D eigenvalue weighted by Crippen LogP contribution is -2.43. The molecule has 0 unspecified atom stereocenters. The molecule has 194 valence electrons. The van der Waals surface area contributed by atoms with E-state index < -0.39 is 0 Å². The first-order valence-corrected chi connectivity index (χ1v) is 14.3. The van der Waals surface area contributed by atoms with Gasteiger partial charge in [-0.2, -0.15) is 5.26 Å². The molecule has 0 amide bonds. The van der Waals surface area contributed by atoms with Gasteiger partial charge in [0.15, 0.2) is 5.16 Å². The molecule has 38 heavy (non-hydrogen) atoms. The first-order chi connectivity index (χ1) is 18.6. The Labute approximate surface area is 232 Å². The monoisotopic (exact) mass is 543 g/mol. The standard InChI is InChI=1S/C29H30ClN7S/c1-35-15-10-32-29(35)38-27-7-4-21(16-25(27)30)34-28-20(18-31)19-33-26-17-23(5-6-24(26)28)37-13-8-22(9-14-37)36-11-2-3-12-36/h4-7,10,15-17,19,22H,2-3,8-9,11-14H2,1H3,(H,33,34). The number of aryl methyl sites for hydroxylation is 1. The van der Waals surface area contributed by atoms with E-state index in [1.165, 1.54) is 56.2 Å². The number of likely N-dealkylation sites (tertiary alicyclic amines) is 1. The minimum atomic E-state index is 0.499. The predicted molar refractivity (Wildman–Crippen MR) is 155 cm³/mol. The number of aromatic nitrogens is 3. The molecule has 0 saturated carbocycles. The molecule has 2 aromatic heterocycles. The second-order valence-corrected chi connectivity index (χ2v) is 11.4. The van der Waals surface area contributed by atoms with Gasteiger partial charge >= 0.3 is 0 Å². The van der Waals surface area contributed by atoms with Gasteiger partial charge < -0.3 is 19.7 Å². The molecule has 2 aliphatic rings. The topological polar surface area (TPSA) is 73.0 Å². The van der Waals surface area contributed by atoms with Gasteiger partial charge in [0.25, 0.3) is 0 Å². The molecule has 0 radical (unpaired) electrons. The third-order valence-corrected chi connectivity index (χ3v) is 9.22. The Hall–Kier alpha value is -3.25. The van der Waals surface area contributed by atoms with Gasteiger partial charge in [-0.1, -0.05) is 23.4 Å². The van der Waals surface area contributed by atoms with Crippen molar-refractivity contribution in [2.75, 3.05) is 36.4 Å². The van der Waals surface area contributed by atoms with Crippen molar-refractivity contribution in [1.29, 1.82) is 5.26 Å². The molecule has 2 saturated heterocycles. The summed E-state index contributed by atoms with van der Waals surface area (Å²) in [6.45, 7) is 4.65. The van der Waals surface area contributed by atoms with Gasteiger partial charge in [0.1, 0.15) is 6.07 Å². The smallest absolute Gasteiger partial charge is 0.172 e. The molecule has 2 aliphatic heterocycles. The van der Waals surface area contributed by atoms with Crippen molar-refractivity contribution in [3.63, 3.8) is 0 Å². The summed E-state index contributed by atoms with van der Waals surface area (Å²) in [6.07, 6.45) is 10.4. The van der Waals surface area contributed by atoms with Gasteiger partial charge in [0.05, 0.1) is 21.8 Å². The second-order valence-electron chi connectivity index (χ2n) is 10.0. The number of piperidine rings is 1. The lowest BCUT2D eigenvalue weighted by Gasteiger charge is -2.37. The highest BCUT2D eigenvalue weighted by molar-refractivity contribution is 7.99. The Morgan fingerprint density at radius 2 is 1.87 bits per heavy atom. The lowest BCUT2D eigenvalue weighted by molar-refractivity contribution is 0.208. The quantitative estimate of drug-likeness (QED) is 0.299. The molecule has 6 rings (SSSR count). The molecule has 0 bridgehead atoms. The maximum atomic E-state index is 9.82. The maximum absolute atomic E-state index is 9.82. The number of halogens is 1. The van der Waals surface area contributed by atoms with Crippen LogP contribution in [0.25, 0.3) is 10.9 Å². The summed E-state index contributed by atoms with van der Waals surface area (Å²) in [5.41, 5.74) is 4.13. The summed E-state index contributed by atoms with van der Waals surface area (Å²) < 4.78 is 1.96. The van der Waals surface area contributed by atoms with Crippen LogP contribution in [0.15, 0.2) is 65.0 Å². The average Bonchev–Trinajstić information content (AvgIpc) is 3.62. The Balaban J connectivity index is 1.22. The van der Waals surface area contributed by atoms with Crippen LogP contribution in [0, 0.1) is 11.3 Å². The zero-order valence-electron chi connectivity index (χ0n) is 21.4. The largest absolute Gasteiger partial charge is 0.371 e. The van der Waals surface area contributed by atoms with Gasteiger partial charge in [-0.15, -0.1) is 0 Å². The van der Waals surface area contributed by atoms with Gasteiger partial charge in [0, 0.05) is 66.4 Å². The zero-order chi connectivity index (χ0) is 26.1. The zero-order valence-corrected chi connectivity index (χ0v) is 23.0. The molecular formula is C29H30ClN7S. The van der Waals surface area contributed by atoms with E-state index in [2.05, 4.69) is 49.4 Å². The van der Waals surface area contributed by atoms with E-state index in [0.29, 0.717) is 10.6 Å². The number of nitrogens with zero attached hydrogens (tertiary/aromatic N) is 6. The number of imidazole rings is 1. The summed E-state index contributed by atoms with van der Waals surface area (Å²) in [7, 11) is 1.96. The molecule has 0 spiro atoms. The van der Waals surface area contributed by atoms with Crippen molar-refractivity contribution >= 4 is 51.3 Å². The molecule has 2 aromatic carbocycles. The lowest BCUT2D eigenvalue weighted by atomic mass is 10.0. The van der Waals surface area contributed by atoms with Crippen LogP contribution in [-0.4, -0.2) is 51.7 Å². The predicted octanol–water partition coefficient (Wildman–Crippen LogP) is 6.45. The summed E-state index contributed by atoms with van der Waals surface area (Å²) in [6, 6.07) is 15.2. The third kappa shape index (κ3) is 5.06. The van der Waals surface area contributed by atoms with E-state index in [9.17, 15) is 5.26 Å². The first-order valence-electron chi connectivity index (χ1n) is 13.1. The number of fused-ring (bicyclic) bond motifs is 1. The number of hydrogen-bond donors (Lipinski definition) is 1. The fourth-order valence-corrected chi connectivity index (χ4v) is 6.65. The van der Waals surface area contributed by atoms with Crippen LogP contribution in [0.5, 0.6) is 0 Å². The van der Waals surface area contributed by atoms with Crippen molar-refractivity contribution in [1.82, 2.24) is 19.4 Å². The number of benzene rings is 2. The minimum absolute atomic E-state index is 0.499. The van der Waals surface area contributed by atoms with Crippen LogP contribution in [0.3, 0.4) is 0 Å². The molecular weight excluding hydrogens is 514 g/mol. The molecule has 1 N–H and O–H groups in total. The summed E-state index contributed by atoms with van der Waals surface area (Å²) in [5.74, 6) is 0. The fourth-order valence-electron chi connectivity index (χ4n) is 5.55. The number of anilines is 3. The Morgan fingerprint density at radius 1 is 1.05 bits per heavy atom. The maximum Gasteiger partial charge on any atom is 0.172 e. The van der Waals surface area contributed by atoms with Crippen LogP contribution in [0.4, 0.5) is 17.1 Å². The van der Waals surface area contributed by atoms with Crippen molar-refractivity contribution < 1.29 is 0 Å². The number of nitrogens with one attached hydrogen (secondary N) is 1. The minimum Gasteiger partial charge on any atom is -0.371 e. The summed E-state index contributed by atoms with van der Waals surface area (Å²) in [5, 5.41) is 15.7. The van der Waals surface area contributed by atoms with E-state index >= 15 is 0 Å². The summed E-state index contributed by atoms with van der Waals surface area (Å²) >= 11 is 8.15. The molecule has 9 heteroatoms. The SMILES string of the molecule is Cn1ccnc1Sc1ccc(Nc2c(C#N)cnc3cc(N4CCC(N5CCCC5)CC4)ccc23)cc1Cl. The van der Waals surface area contributed by atoms with Gasteiger partial charge in [-0.3, -0.25) is 4.98 Å². The van der Waals surface area contributed by atoms with Crippen molar-refractivity contribution in [2.24, 2.45) is 7.05 Å². The van der Waals surface area contributed by atoms with E-state index in [-0.39, 0.29) is 0 Å². The first kappa shape index (κ1) is 25.1. The van der Waals surface area contributed by atoms with Crippen LogP contribution in [0.2, 0.25) is 5.02 Å². The van der Waals surface area contributed by atoms with Crippen LogP contribution >= 0.6 is 23.4 Å². The molecule has 0 atom stereocenters. The molecule has 0 aliphatic carbocycles. The fraction of sp³-hybridized carbons (Fsp3) is 0.345. The molecule has 2 fully saturated rings. The Kier molecular flexibility index (Phi) is 7.16. The van der Waals surface area contributed by atoms with E-state index in [1.807, 2.05) is 36.0 Å². The van der Waals surface area contributed by atoms with E-state index in [1.54, 1.807) is 12.4 Å². The second kappa shape index (κ2) is 10.9. The highest BCUT2D eigenvalue weighted by atomic mass is 35.5. The summed E-state index contributed by atoms with van der Waals surface area (Å²) in [4.78, 5) is 15.1. The Morgan fingerprint density at radius 3 is 2.58 bits per heavy atom. The normalized spacial score (nSPS) is 16.7. The van der Waals surface area contributed by atoms with Crippen molar-refractivity contribution in [2.45, 2.75) is 41.8 Å². The van der Waals surface area contributed by atoms with Gasteiger partial charge in [0.2, 0.25) is 0 Å². The van der Waals surface area contributed by atoms with Gasteiger partial charge in [-0.25, -0.2) is 4.98 Å². The number of pyridine rings is 1. The van der Waals surface area contributed by atoms with Crippen molar-refractivity contribution in [3.8, 4) is 6.07 Å². The van der Waals surface area contributed by atoms with Crippen LogP contribution in [0.1, 0.15) is 31.2 Å². The molecule has 4 heterocycles. The van der Waals surface area contributed by atoms with E-state index in [0.717, 1.165) is 51.5 Å².